The summed E-state index contributed by atoms with van der Waals surface area (Å²) >= 11 is 0. The average Bonchev–Trinajstić information content (AvgIpc) is 3.22. The monoisotopic (exact) mass is 249 g/mol. The van der Waals surface area contributed by atoms with Crippen molar-refractivity contribution in [2.24, 2.45) is 0 Å². The number of hydrogen-bond acceptors (Lipinski definition) is 3. The molecule has 0 bridgehead atoms. The first kappa shape index (κ1) is 13.4. The van der Waals surface area contributed by atoms with Crippen LogP contribution in [0.25, 0.3) is 0 Å². The molecule has 0 saturated heterocycles. The molecule has 100 valence electrons. The van der Waals surface area contributed by atoms with Gasteiger partial charge in [0, 0.05) is 19.2 Å². The van der Waals surface area contributed by atoms with Gasteiger partial charge in [0.15, 0.2) is 0 Å². The summed E-state index contributed by atoms with van der Waals surface area (Å²) in [4.78, 5) is 0. The lowest BCUT2D eigenvalue weighted by molar-refractivity contribution is 0.266. The van der Waals surface area contributed by atoms with Gasteiger partial charge in [0.25, 0.3) is 0 Å². The van der Waals surface area contributed by atoms with Crippen molar-refractivity contribution in [1.29, 1.82) is 0 Å². The number of hydrogen-bond donors (Lipinski definition) is 2. The Bertz CT molecular complexity index is 333. The predicted octanol–water partition coefficient (Wildman–Crippen LogP) is 2.48. The first-order chi connectivity index (χ1) is 8.88. The van der Waals surface area contributed by atoms with E-state index in [2.05, 4.69) is 17.4 Å². The van der Waals surface area contributed by atoms with Gasteiger partial charge in [-0.15, -0.1) is 0 Å². The first-order valence-corrected chi connectivity index (χ1v) is 6.94. The number of benzene rings is 1. The smallest absolute Gasteiger partial charge is 0.119 e. The van der Waals surface area contributed by atoms with Gasteiger partial charge < -0.3 is 15.2 Å². The number of aliphatic hydroxyl groups is 1. The summed E-state index contributed by atoms with van der Waals surface area (Å²) in [5.41, 5.74) is 1.31. The Kier molecular flexibility index (Phi) is 5.49. The summed E-state index contributed by atoms with van der Waals surface area (Å²) in [6, 6.07) is 9.08. The van der Waals surface area contributed by atoms with Gasteiger partial charge in [0.05, 0.1) is 6.61 Å². The van der Waals surface area contributed by atoms with Crippen LogP contribution in [-0.4, -0.2) is 24.4 Å². The van der Waals surface area contributed by atoms with E-state index >= 15 is 0 Å². The van der Waals surface area contributed by atoms with Crippen molar-refractivity contribution in [2.75, 3.05) is 13.2 Å². The summed E-state index contributed by atoms with van der Waals surface area (Å²) in [6.07, 6.45) is 5.56. The zero-order chi connectivity index (χ0) is 12.6. The molecule has 1 aliphatic rings. The maximum absolute atomic E-state index is 8.66. The fourth-order valence-electron chi connectivity index (χ4n) is 1.83. The normalized spacial score (nSPS) is 14.7. The Morgan fingerprint density at radius 2 is 1.89 bits per heavy atom. The van der Waals surface area contributed by atoms with E-state index in [0.717, 1.165) is 44.2 Å². The van der Waals surface area contributed by atoms with E-state index in [1.165, 1.54) is 18.4 Å². The highest BCUT2D eigenvalue weighted by Gasteiger charge is 2.19. The summed E-state index contributed by atoms with van der Waals surface area (Å²) in [5, 5.41) is 12.2. The zero-order valence-electron chi connectivity index (χ0n) is 10.9. The van der Waals surface area contributed by atoms with E-state index in [9.17, 15) is 0 Å². The Hall–Kier alpha value is -1.06. The highest BCUT2D eigenvalue weighted by molar-refractivity contribution is 5.27. The lowest BCUT2D eigenvalue weighted by atomic mass is 10.2. The third-order valence-corrected chi connectivity index (χ3v) is 3.17. The Morgan fingerprint density at radius 1 is 1.11 bits per heavy atom. The summed E-state index contributed by atoms with van der Waals surface area (Å²) in [7, 11) is 0. The lowest BCUT2D eigenvalue weighted by Gasteiger charge is -2.07. The standard InChI is InChI=1S/C15H23NO2/c17-10-2-1-3-11-18-15-8-4-13(5-9-15)12-16-14-6-7-14/h4-5,8-9,14,16-17H,1-3,6-7,10-12H2. The van der Waals surface area contributed by atoms with Crippen LogP contribution >= 0.6 is 0 Å². The molecule has 0 radical (unpaired) electrons. The molecular formula is C15H23NO2. The number of aliphatic hydroxyl groups excluding tert-OH is 1. The maximum Gasteiger partial charge on any atom is 0.119 e. The molecule has 2 N–H and O–H groups in total. The predicted molar refractivity (Wildman–Crippen MR) is 72.7 cm³/mol. The number of ether oxygens (including phenoxy) is 1. The minimum Gasteiger partial charge on any atom is -0.494 e. The molecule has 0 unspecified atom stereocenters. The van der Waals surface area contributed by atoms with Gasteiger partial charge >= 0.3 is 0 Å². The molecule has 3 heteroatoms. The molecule has 1 aliphatic carbocycles. The fraction of sp³-hybridized carbons (Fsp3) is 0.600. The third kappa shape index (κ3) is 5.07. The summed E-state index contributed by atoms with van der Waals surface area (Å²) in [6.45, 7) is 1.98. The molecule has 1 aromatic rings. The second kappa shape index (κ2) is 7.39. The van der Waals surface area contributed by atoms with Crippen molar-refractivity contribution >= 4 is 0 Å². The average molecular weight is 249 g/mol. The zero-order valence-corrected chi connectivity index (χ0v) is 10.9. The molecule has 0 heterocycles. The molecule has 0 amide bonds. The van der Waals surface area contributed by atoms with Crippen molar-refractivity contribution in [3.05, 3.63) is 29.8 Å². The van der Waals surface area contributed by atoms with Crippen LogP contribution in [-0.2, 0) is 6.54 Å². The first-order valence-electron chi connectivity index (χ1n) is 6.94. The van der Waals surface area contributed by atoms with Crippen LogP contribution in [0.1, 0.15) is 37.7 Å². The van der Waals surface area contributed by atoms with E-state index in [0.29, 0.717) is 0 Å². The van der Waals surface area contributed by atoms with Gasteiger partial charge in [0.1, 0.15) is 5.75 Å². The van der Waals surface area contributed by atoms with Gasteiger partial charge in [-0.2, -0.15) is 0 Å². The van der Waals surface area contributed by atoms with Gasteiger partial charge in [0.2, 0.25) is 0 Å². The van der Waals surface area contributed by atoms with Gasteiger partial charge in [-0.3, -0.25) is 0 Å². The molecule has 0 spiro atoms. The maximum atomic E-state index is 8.66. The highest BCUT2D eigenvalue weighted by Crippen LogP contribution is 2.20. The third-order valence-electron chi connectivity index (χ3n) is 3.17. The second-order valence-corrected chi connectivity index (χ2v) is 4.93. The molecule has 0 atom stereocenters. The minimum absolute atomic E-state index is 0.280. The molecule has 1 fully saturated rings. The van der Waals surface area contributed by atoms with E-state index < -0.39 is 0 Å². The molecule has 18 heavy (non-hydrogen) atoms. The van der Waals surface area contributed by atoms with E-state index in [-0.39, 0.29) is 6.61 Å². The Balaban J connectivity index is 1.63. The summed E-state index contributed by atoms with van der Waals surface area (Å²) in [5.74, 6) is 0.939. The van der Waals surface area contributed by atoms with Crippen molar-refractivity contribution in [3.8, 4) is 5.75 Å². The van der Waals surface area contributed by atoms with Crippen LogP contribution < -0.4 is 10.1 Å². The molecule has 0 aromatic heterocycles. The molecule has 1 aromatic carbocycles. The van der Waals surface area contributed by atoms with E-state index in [4.69, 9.17) is 9.84 Å². The number of unbranched alkanes of at least 4 members (excludes halogenated alkanes) is 2. The van der Waals surface area contributed by atoms with Crippen LogP contribution in [0, 0.1) is 0 Å². The van der Waals surface area contributed by atoms with Gasteiger partial charge in [-0.25, -0.2) is 0 Å². The number of nitrogens with one attached hydrogen (secondary N) is 1. The minimum atomic E-state index is 0.280. The van der Waals surface area contributed by atoms with E-state index in [1.54, 1.807) is 0 Å². The molecule has 2 rings (SSSR count). The Morgan fingerprint density at radius 3 is 2.56 bits per heavy atom. The topological polar surface area (TPSA) is 41.5 Å². The SMILES string of the molecule is OCCCCCOc1ccc(CNC2CC2)cc1. The van der Waals surface area contributed by atoms with Gasteiger partial charge in [-0.05, 0) is 49.8 Å². The largest absolute Gasteiger partial charge is 0.494 e. The molecule has 3 nitrogen and oxygen atoms in total. The number of rotatable bonds is 9. The van der Waals surface area contributed by atoms with Crippen molar-refractivity contribution in [2.45, 2.75) is 44.7 Å². The highest BCUT2D eigenvalue weighted by atomic mass is 16.5. The van der Waals surface area contributed by atoms with Crippen LogP contribution in [0.5, 0.6) is 5.75 Å². The second-order valence-electron chi connectivity index (χ2n) is 4.93. The van der Waals surface area contributed by atoms with Crippen LogP contribution in [0.3, 0.4) is 0 Å². The van der Waals surface area contributed by atoms with Crippen molar-refractivity contribution < 1.29 is 9.84 Å². The molecular weight excluding hydrogens is 226 g/mol. The lowest BCUT2D eigenvalue weighted by Crippen LogP contribution is -2.15. The van der Waals surface area contributed by atoms with Crippen LogP contribution in [0.2, 0.25) is 0 Å². The van der Waals surface area contributed by atoms with Crippen LogP contribution in [0.15, 0.2) is 24.3 Å². The Labute approximate surface area is 109 Å². The van der Waals surface area contributed by atoms with Crippen molar-refractivity contribution in [1.82, 2.24) is 5.32 Å². The van der Waals surface area contributed by atoms with Crippen molar-refractivity contribution in [3.63, 3.8) is 0 Å². The van der Waals surface area contributed by atoms with E-state index in [1.807, 2.05) is 12.1 Å². The summed E-state index contributed by atoms with van der Waals surface area (Å²) < 4.78 is 5.64. The van der Waals surface area contributed by atoms with Gasteiger partial charge in [-0.1, -0.05) is 12.1 Å². The molecule has 1 saturated carbocycles. The molecule has 0 aliphatic heterocycles. The fourth-order valence-corrected chi connectivity index (χ4v) is 1.83. The quantitative estimate of drug-likeness (QED) is 0.661. The van der Waals surface area contributed by atoms with Crippen LogP contribution in [0.4, 0.5) is 0 Å².